The van der Waals surface area contributed by atoms with Gasteiger partial charge in [0.05, 0.1) is 0 Å². The molecular weight excluding hydrogens is 450 g/mol. The molecule has 0 aromatic heterocycles. The Morgan fingerprint density at radius 1 is 0.486 bits per heavy atom. The minimum absolute atomic E-state index is 0.0652. The van der Waals surface area contributed by atoms with Gasteiger partial charge in [0, 0.05) is 6.04 Å². The van der Waals surface area contributed by atoms with Gasteiger partial charge in [-0.05, 0) is 57.5 Å². The molecule has 2 N–H and O–H groups in total. The van der Waals surface area contributed by atoms with Gasteiger partial charge in [-0.2, -0.15) is 0 Å². The van der Waals surface area contributed by atoms with Crippen LogP contribution in [0, 0.1) is 0 Å². The summed E-state index contributed by atoms with van der Waals surface area (Å²) in [5.41, 5.74) is 14.6. The van der Waals surface area contributed by atoms with Gasteiger partial charge < -0.3 is 10.5 Å². The summed E-state index contributed by atoms with van der Waals surface area (Å²) in [5, 5.41) is 0. The molecule has 0 aliphatic rings. The van der Waals surface area contributed by atoms with Crippen molar-refractivity contribution in [2.75, 3.05) is 6.61 Å². The van der Waals surface area contributed by atoms with Crippen LogP contribution in [-0.4, -0.2) is 12.6 Å². The molecule has 0 heterocycles. The highest BCUT2D eigenvalue weighted by Gasteiger charge is 2.16. The van der Waals surface area contributed by atoms with E-state index in [-0.39, 0.29) is 6.04 Å². The van der Waals surface area contributed by atoms with Gasteiger partial charge in [-0.1, -0.05) is 133 Å². The maximum absolute atomic E-state index is 6.34. The zero-order valence-corrected chi connectivity index (χ0v) is 20.8. The molecule has 0 saturated carbocycles. The fourth-order valence-corrected chi connectivity index (χ4v) is 4.62. The average molecular weight is 482 g/mol. The molecule has 5 aromatic carbocycles. The molecule has 0 amide bonds. The summed E-state index contributed by atoms with van der Waals surface area (Å²) in [6.07, 6.45) is 0.789. The third-order valence-corrected chi connectivity index (χ3v) is 6.39. The number of hydrogen-bond donors (Lipinski definition) is 1. The lowest BCUT2D eigenvalue weighted by Crippen LogP contribution is -2.30. The Bertz CT molecular complexity index is 1370. The summed E-state index contributed by atoms with van der Waals surface area (Å²) in [7, 11) is 0. The van der Waals surface area contributed by atoms with Gasteiger partial charge in [0.25, 0.3) is 0 Å². The first-order valence-electron chi connectivity index (χ1n) is 12.7. The SMILES string of the molecule is N[C@H](COc1ccc(C(=C(c2ccccc2)c2ccccc2)c2ccccc2)cc1)Cc1ccccc1. The van der Waals surface area contributed by atoms with Crippen LogP contribution in [0.2, 0.25) is 0 Å². The molecule has 0 spiro atoms. The number of hydrogen-bond acceptors (Lipinski definition) is 2. The number of ether oxygens (including phenoxy) is 1. The van der Waals surface area contributed by atoms with Gasteiger partial charge in [0.1, 0.15) is 12.4 Å². The van der Waals surface area contributed by atoms with Crippen molar-refractivity contribution in [2.45, 2.75) is 12.5 Å². The Hall–Kier alpha value is -4.40. The first kappa shape index (κ1) is 24.3. The van der Waals surface area contributed by atoms with E-state index < -0.39 is 0 Å². The molecule has 182 valence electrons. The highest BCUT2D eigenvalue weighted by atomic mass is 16.5. The van der Waals surface area contributed by atoms with Crippen LogP contribution in [0.4, 0.5) is 0 Å². The second-order valence-electron chi connectivity index (χ2n) is 9.13. The molecule has 0 fully saturated rings. The van der Waals surface area contributed by atoms with E-state index in [1.807, 2.05) is 30.3 Å². The number of benzene rings is 5. The van der Waals surface area contributed by atoms with Gasteiger partial charge in [-0.15, -0.1) is 0 Å². The molecule has 0 aliphatic carbocycles. The summed E-state index contributed by atoms with van der Waals surface area (Å²) in [5.74, 6) is 0.820. The van der Waals surface area contributed by atoms with Gasteiger partial charge in [-0.25, -0.2) is 0 Å². The van der Waals surface area contributed by atoms with Crippen molar-refractivity contribution in [3.63, 3.8) is 0 Å². The Labute approximate surface area is 219 Å². The maximum Gasteiger partial charge on any atom is 0.119 e. The first-order chi connectivity index (χ1) is 18.3. The summed E-state index contributed by atoms with van der Waals surface area (Å²) >= 11 is 0. The normalized spacial score (nSPS) is 11.5. The van der Waals surface area contributed by atoms with E-state index in [1.54, 1.807) is 0 Å². The second-order valence-corrected chi connectivity index (χ2v) is 9.13. The lowest BCUT2D eigenvalue weighted by atomic mass is 9.86. The Morgan fingerprint density at radius 2 is 0.865 bits per heavy atom. The van der Waals surface area contributed by atoms with E-state index in [1.165, 1.54) is 33.4 Å². The third-order valence-electron chi connectivity index (χ3n) is 6.39. The van der Waals surface area contributed by atoms with E-state index >= 15 is 0 Å². The van der Waals surface area contributed by atoms with E-state index in [0.717, 1.165) is 17.7 Å². The van der Waals surface area contributed by atoms with Crippen molar-refractivity contribution in [2.24, 2.45) is 5.73 Å². The van der Waals surface area contributed by atoms with Crippen LogP contribution < -0.4 is 10.5 Å². The second kappa shape index (κ2) is 12.0. The molecular formula is C35H31NO. The van der Waals surface area contributed by atoms with Crippen LogP contribution in [0.1, 0.15) is 27.8 Å². The third kappa shape index (κ3) is 6.24. The highest BCUT2D eigenvalue weighted by molar-refractivity contribution is 6.04. The Morgan fingerprint density at radius 3 is 1.30 bits per heavy atom. The fourth-order valence-electron chi connectivity index (χ4n) is 4.62. The number of rotatable bonds is 9. The first-order valence-corrected chi connectivity index (χ1v) is 12.7. The molecule has 0 bridgehead atoms. The summed E-state index contributed by atoms with van der Waals surface area (Å²) in [4.78, 5) is 0. The predicted octanol–water partition coefficient (Wildman–Crippen LogP) is 7.64. The van der Waals surface area contributed by atoms with Crippen LogP contribution in [0.5, 0.6) is 5.75 Å². The standard InChI is InChI=1S/C35H31NO/c36-32(25-27-13-5-1-6-14-27)26-37-33-23-21-31(22-24-33)35(30-19-11-4-12-20-30)34(28-15-7-2-8-16-28)29-17-9-3-10-18-29/h1-24,32H,25-26,36H2/t32-/m0/s1. The molecule has 0 radical (unpaired) electrons. The number of nitrogens with two attached hydrogens (primary N) is 1. The molecule has 5 aromatic rings. The lowest BCUT2D eigenvalue weighted by molar-refractivity contribution is 0.287. The summed E-state index contributed by atoms with van der Waals surface area (Å²) in [6.45, 7) is 0.467. The molecule has 1 atom stereocenters. The van der Waals surface area contributed by atoms with E-state index in [2.05, 4.69) is 115 Å². The van der Waals surface area contributed by atoms with Crippen molar-refractivity contribution in [1.29, 1.82) is 0 Å². The predicted molar refractivity (Wildman–Crippen MR) is 154 cm³/mol. The Balaban J connectivity index is 1.48. The molecule has 37 heavy (non-hydrogen) atoms. The van der Waals surface area contributed by atoms with E-state index in [0.29, 0.717) is 6.61 Å². The maximum atomic E-state index is 6.34. The highest BCUT2D eigenvalue weighted by Crippen LogP contribution is 2.37. The van der Waals surface area contributed by atoms with Gasteiger partial charge in [0.2, 0.25) is 0 Å². The molecule has 0 unspecified atom stereocenters. The van der Waals surface area contributed by atoms with Crippen LogP contribution >= 0.6 is 0 Å². The lowest BCUT2D eigenvalue weighted by Gasteiger charge is -2.18. The molecule has 0 saturated heterocycles. The monoisotopic (exact) mass is 481 g/mol. The average Bonchev–Trinajstić information content (AvgIpc) is 2.97. The van der Waals surface area contributed by atoms with Gasteiger partial charge in [0.15, 0.2) is 0 Å². The Kier molecular flexibility index (Phi) is 7.90. The topological polar surface area (TPSA) is 35.2 Å². The van der Waals surface area contributed by atoms with Crippen molar-refractivity contribution in [3.05, 3.63) is 173 Å². The van der Waals surface area contributed by atoms with Crippen LogP contribution in [0.3, 0.4) is 0 Å². The largest absolute Gasteiger partial charge is 0.492 e. The smallest absolute Gasteiger partial charge is 0.119 e. The summed E-state index contributed by atoms with van der Waals surface area (Å²) < 4.78 is 6.07. The van der Waals surface area contributed by atoms with E-state index in [9.17, 15) is 0 Å². The quantitative estimate of drug-likeness (QED) is 0.220. The zero-order valence-electron chi connectivity index (χ0n) is 20.8. The van der Waals surface area contributed by atoms with Crippen molar-refractivity contribution in [1.82, 2.24) is 0 Å². The zero-order chi connectivity index (χ0) is 25.3. The van der Waals surface area contributed by atoms with Crippen molar-refractivity contribution >= 4 is 11.1 Å². The van der Waals surface area contributed by atoms with E-state index in [4.69, 9.17) is 10.5 Å². The van der Waals surface area contributed by atoms with Crippen LogP contribution in [0.15, 0.2) is 146 Å². The molecule has 2 nitrogen and oxygen atoms in total. The molecule has 5 rings (SSSR count). The van der Waals surface area contributed by atoms with Crippen LogP contribution in [-0.2, 0) is 6.42 Å². The molecule has 2 heteroatoms. The summed E-state index contributed by atoms with van der Waals surface area (Å²) in [6, 6.07) is 50.4. The minimum atomic E-state index is -0.0652. The van der Waals surface area contributed by atoms with Gasteiger partial charge in [-0.3, -0.25) is 0 Å². The minimum Gasteiger partial charge on any atom is -0.492 e. The van der Waals surface area contributed by atoms with Gasteiger partial charge >= 0.3 is 0 Å². The fraction of sp³-hybridized carbons (Fsp3) is 0.0857. The molecule has 0 aliphatic heterocycles. The van der Waals surface area contributed by atoms with Crippen molar-refractivity contribution in [3.8, 4) is 5.75 Å². The van der Waals surface area contributed by atoms with Crippen molar-refractivity contribution < 1.29 is 4.74 Å². The van der Waals surface area contributed by atoms with Crippen LogP contribution in [0.25, 0.3) is 11.1 Å².